The van der Waals surface area contributed by atoms with Crippen molar-refractivity contribution in [3.8, 4) is 22.9 Å². The number of benzene rings is 2. The Morgan fingerprint density at radius 1 is 1.10 bits per heavy atom. The maximum Gasteiger partial charge on any atom is 0.275 e. The predicted molar refractivity (Wildman–Crippen MR) is 112 cm³/mol. The van der Waals surface area contributed by atoms with E-state index in [0.29, 0.717) is 30.2 Å². The van der Waals surface area contributed by atoms with Crippen LogP contribution in [0.25, 0.3) is 5.69 Å². The smallest absolute Gasteiger partial charge is 0.275 e. The third kappa shape index (κ3) is 4.60. The molecule has 0 bridgehead atoms. The van der Waals surface area contributed by atoms with E-state index in [-0.39, 0.29) is 5.69 Å². The summed E-state index contributed by atoms with van der Waals surface area (Å²) in [5.74, 6) is 0.186. The summed E-state index contributed by atoms with van der Waals surface area (Å²) in [5, 5.41) is 16.8. The van der Waals surface area contributed by atoms with E-state index in [2.05, 4.69) is 10.4 Å². The van der Waals surface area contributed by atoms with Crippen LogP contribution in [0.4, 0.5) is 0 Å². The lowest BCUT2D eigenvalue weighted by Crippen LogP contribution is -2.30. The van der Waals surface area contributed by atoms with E-state index in [1.807, 2.05) is 25.1 Å². The van der Waals surface area contributed by atoms with E-state index in [1.54, 1.807) is 38.5 Å². The first-order valence-electron chi connectivity index (χ1n) is 9.32. The lowest BCUT2D eigenvalue weighted by Gasteiger charge is -2.11. The van der Waals surface area contributed by atoms with Crippen LogP contribution in [-0.4, -0.2) is 41.6 Å². The van der Waals surface area contributed by atoms with Crippen LogP contribution < -0.4 is 20.3 Å². The number of nitrogens with one attached hydrogen (secondary N) is 1. The van der Waals surface area contributed by atoms with Crippen molar-refractivity contribution in [3.05, 3.63) is 75.7 Å². The molecule has 0 spiro atoms. The van der Waals surface area contributed by atoms with Crippen LogP contribution in [-0.2, 0) is 6.42 Å². The zero-order valence-electron chi connectivity index (χ0n) is 17.0. The van der Waals surface area contributed by atoms with Gasteiger partial charge in [0, 0.05) is 12.6 Å². The van der Waals surface area contributed by atoms with Gasteiger partial charge >= 0.3 is 0 Å². The molecule has 2 N–H and O–H groups in total. The number of rotatable bonds is 7. The number of nitrogens with zero attached hydrogens (tertiary/aromatic N) is 2. The number of aromatic hydroxyl groups is 1. The minimum absolute atomic E-state index is 0.219. The van der Waals surface area contributed by atoms with Crippen molar-refractivity contribution in [2.75, 3.05) is 20.8 Å². The molecular weight excluding hydrogens is 386 g/mol. The van der Waals surface area contributed by atoms with Crippen molar-refractivity contribution in [1.82, 2.24) is 15.1 Å². The van der Waals surface area contributed by atoms with Gasteiger partial charge in [0.2, 0.25) is 0 Å². The van der Waals surface area contributed by atoms with Gasteiger partial charge in [0.25, 0.3) is 11.5 Å². The molecule has 0 saturated carbocycles. The number of hydrogen-bond donors (Lipinski definition) is 2. The molecule has 0 fully saturated rings. The first-order valence-corrected chi connectivity index (χ1v) is 9.32. The number of aryl methyl sites for hydroxylation is 1. The number of hydrogen-bond acceptors (Lipinski definition) is 6. The minimum Gasteiger partial charge on any atom is -0.505 e. The molecule has 1 aromatic heterocycles. The Morgan fingerprint density at radius 2 is 1.87 bits per heavy atom. The molecule has 0 saturated heterocycles. The molecule has 8 heteroatoms. The molecule has 8 nitrogen and oxygen atoms in total. The molecule has 3 aromatic rings. The highest BCUT2D eigenvalue weighted by molar-refractivity contribution is 5.94. The third-order valence-corrected chi connectivity index (χ3v) is 4.52. The van der Waals surface area contributed by atoms with Gasteiger partial charge in [0.15, 0.2) is 22.9 Å². The van der Waals surface area contributed by atoms with Gasteiger partial charge in [-0.25, -0.2) is 0 Å². The Morgan fingerprint density at radius 3 is 2.57 bits per heavy atom. The summed E-state index contributed by atoms with van der Waals surface area (Å²) in [7, 11) is 3.12. The van der Waals surface area contributed by atoms with Gasteiger partial charge in [-0.15, -0.1) is 0 Å². The van der Waals surface area contributed by atoms with Crippen LogP contribution in [0.2, 0.25) is 0 Å². The van der Waals surface area contributed by atoms with Crippen molar-refractivity contribution in [1.29, 1.82) is 0 Å². The molecule has 30 heavy (non-hydrogen) atoms. The van der Waals surface area contributed by atoms with Crippen LogP contribution in [0.15, 0.2) is 53.3 Å². The van der Waals surface area contributed by atoms with E-state index in [1.165, 1.54) is 0 Å². The molecule has 0 aliphatic heterocycles. The Labute approximate surface area is 173 Å². The predicted octanol–water partition coefficient (Wildman–Crippen LogP) is 2.24. The Balaban J connectivity index is 1.74. The monoisotopic (exact) mass is 409 g/mol. The summed E-state index contributed by atoms with van der Waals surface area (Å²) in [6.45, 7) is 2.19. The van der Waals surface area contributed by atoms with Crippen molar-refractivity contribution in [3.63, 3.8) is 0 Å². The molecule has 1 amide bonds. The maximum atomic E-state index is 12.5. The van der Waals surface area contributed by atoms with Gasteiger partial charge in [0.05, 0.1) is 19.9 Å². The molecule has 0 aliphatic carbocycles. The molecule has 0 aliphatic rings. The molecular formula is C22H23N3O5. The van der Waals surface area contributed by atoms with E-state index in [9.17, 15) is 14.7 Å². The molecule has 156 valence electrons. The third-order valence-electron chi connectivity index (χ3n) is 4.52. The van der Waals surface area contributed by atoms with Crippen LogP contribution in [0.3, 0.4) is 0 Å². The highest BCUT2D eigenvalue weighted by Gasteiger charge is 2.17. The molecule has 0 radical (unpaired) electrons. The van der Waals surface area contributed by atoms with E-state index >= 15 is 0 Å². The summed E-state index contributed by atoms with van der Waals surface area (Å²) >= 11 is 0. The normalized spacial score (nSPS) is 10.5. The molecule has 2 aromatic carbocycles. The second-order valence-electron chi connectivity index (χ2n) is 6.66. The molecule has 3 rings (SSSR count). The number of carbonyl (C=O) groups excluding carboxylic acids is 1. The summed E-state index contributed by atoms with van der Waals surface area (Å²) in [6.07, 6.45) is 0.532. The number of carbonyl (C=O) groups is 1. The first-order chi connectivity index (χ1) is 14.4. The average Bonchev–Trinajstić information content (AvgIpc) is 2.73. The highest BCUT2D eigenvalue weighted by atomic mass is 16.5. The van der Waals surface area contributed by atoms with Crippen molar-refractivity contribution < 1.29 is 19.4 Å². The fourth-order valence-electron chi connectivity index (χ4n) is 2.99. The lowest BCUT2D eigenvalue weighted by molar-refractivity contribution is 0.0944. The van der Waals surface area contributed by atoms with Crippen LogP contribution >= 0.6 is 0 Å². The zero-order chi connectivity index (χ0) is 21.7. The molecule has 0 atom stereocenters. The largest absolute Gasteiger partial charge is 0.505 e. The van der Waals surface area contributed by atoms with Crippen LogP contribution in [0, 0.1) is 6.92 Å². The van der Waals surface area contributed by atoms with Crippen LogP contribution in [0.1, 0.15) is 21.6 Å². The number of methoxy groups -OCH3 is 2. The van der Waals surface area contributed by atoms with Crippen molar-refractivity contribution in [2.45, 2.75) is 13.3 Å². The van der Waals surface area contributed by atoms with Crippen molar-refractivity contribution in [2.24, 2.45) is 0 Å². The molecule has 0 unspecified atom stereocenters. The topological polar surface area (TPSA) is 103 Å². The zero-order valence-corrected chi connectivity index (χ0v) is 17.0. The Bertz CT molecular complexity index is 1120. The lowest BCUT2D eigenvalue weighted by atomic mass is 10.1. The van der Waals surface area contributed by atoms with Gasteiger partial charge in [0.1, 0.15) is 0 Å². The quantitative estimate of drug-likeness (QED) is 0.620. The molecule has 1 heterocycles. The van der Waals surface area contributed by atoms with Gasteiger partial charge in [-0.3, -0.25) is 9.59 Å². The van der Waals surface area contributed by atoms with Gasteiger partial charge < -0.3 is 19.9 Å². The second-order valence-corrected chi connectivity index (χ2v) is 6.66. The van der Waals surface area contributed by atoms with E-state index < -0.39 is 17.2 Å². The minimum atomic E-state index is -0.575. The number of amides is 1. The summed E-state index contributed by atoms with van der Waals surface area (Å²) < 4.78 is 11.6. The second kappa shape index (κ2) is 9.13. The van der Waals surface area contributed by atoms with Gasteiger partial charge in [-0.05, 0) is 48.7 Å². The number of aromatic nitrogens is 2. The first kappa shape index (κ1) is 20.9. The number of ether oxygens (including phenoxy) is 2. The van der Waals surface area contributed by atoms with Crippen molar-refractivity contribution >= 4 is 5.91 Å². The standard InChI is InChI=1S/C22H23N3O5/c1-14-5-4-6-16(11-14)25-20(27)13-17(26)21(24-25)22(28)23-10-9-15-7-8-18(29-2)19(12-15)30-3/h4-8,11-13,26H,9-10H2,1-3H3,(H,23,28). The van der Waals surface area contributed by atoms with Gasteiger partial charge in [-0.1, -0.05) is 18.2 Å². The summed E-state index contributed by atoms with van der Waals surface area (Å²) in [4.78, 5) is 24.8. The Hall–Kier alpha value is -3.81. The fourth-order valence-corrected chi connectivity index (χ4v) is 2.99. The highest BCUT2D eigenvalue weighted by Crippen LogP contribution is 2.27. The fraction of sp³-hybridized carbons (Fsp3) is 0.227. The van der Waals surface area contributed by atoms with Crippen LogP contribution in [0.5, 0.6) is 17.2 Å². The van der Waals surface area contributed by atoms with E-state index in [0.717, 1.165) is 21.9 Å². The average molecular weight is 409 g/mol. The summed E-state index contributed by atoms with van der Waals surface area (Å²) in [5.41, 5.74) is 1.65. The summed E-state index contributed by atoms with van der Waals surface area (Å²) in [6, 6.07) is 13.6. The Kier molecular flexibility index (Phi) is 6.36. The maximum absolute atomic E-state index is 12.5. The van der Waals surface area contributed by atoms with E-state index in [4.69, 9.17) is 9.47 Å². The SMILES string of the molecule is COc1ccc(CCNC(=O)c2nn(-c3cccc(C)c3)c(=O)cc2O)cc1OC. The van der Waals surface area contributed by atoms with Gasteiger partial charge in [-0.2, -0.15) is 9.78 Å².